The van der Waals surface area contributed by atoms with Gasteiger partial charge in [0, 0.05) is 24.0 Å². The van der Waals surface area contributed by atoms with Crippen molar-refractivity contribution in [3.8, 4) is 0 Å². The first-order valence-corrected chi connectivity index (χ1v) is 11.5. The molecule has 1 aliphatic rings. The summed E-state index contributed by atoms with van der Waals surface area (Å²) in [4.78, 5) is 42.9. The van der Waals surface area contributed by atoms with Crippen LogP contribution in [0.5, 0.6) is 0 Å². The van der Waals surface area contributed by atoms with Crippen molar-refractivity contribution in [2.75, 3.05) is 18.0 Å². The van der Waals surface area contributed by atoms with Crippen molar-refractivity contribution in [3.63, 3.8) is 0 Å². The highest BCUT2D eigenvalue weighted by molar-refractivity contribution is 6.26. The van der Waals surface area contributed by atoms with Gasteiger partial charge in [0.15, 0.2) is 0 Å². The van der Waals surface area contributed by atoms with Gasteiger partial charge in [0.25, 0.3) is 5.91 Å². The normalized spacial score (nSPS) is 13.3. The largest absolute Gasteiger partial charge is 0.354 e. The third-order valence-corrected chi connectivity index (χ3v) is 6.07. The van der Waals surface area contributed by atoms with E-state index in [0.29, 0.717) is 25.1 Å². The molecule has 170 valence electrons. The van der Waals surface area contributed by atoms with Crippen molar-refractivity contribution in [1.82, 2.24) is 10.2 Å². The summed E-state index contributed by atoms with van der Waals surface area (Å²) >= 11 is 0. The minimum Gasteiger partial charge on any atom is -0.354 e. The van der Waals surface area contributed by atoms with Crippen molar-refractivity contribution in [3.05, 3.63) is 77.9 Å². The Balaban J connectivity index is 1.63. The number of benzene rings is 3. The van der Waals surface area contributed by atoms with E-state index in [1.807, 2.05) is 74.5 Å². The molecular weight excluding hydrogens is 414 g/mol. The molecule has 0 saturated carbocycles. The Morgan fingerprint density at radius 2 is 1.70 bits per heavy atom. The highest BCUT2D eigenvalue weighted by atomic mass is 16.2. The smallest absolute Gasteiger partial charge is 0.259 e. The molecule has 0 bridgehead atoms. The first-order chi connectivity index (χ1) is 16.0. The van der Waals surface area contributed by atoms with Crippen molar-refractivity contribution < 1.29 is 14.4 Å². The first kappa shape index (κ1) is 22.5. The lowest BCUT2D eigenvalue weighted by atomic mass is 10.1. The van der Waals surface area contributed by atoms with E-state index in [4.69, 9.17) is 0 Å². The van der Waals surface area contributed by atoms with Gasteiger partial charge in [-0.05, 0) is 35.9 Å². The van der Waals surface area contributed by atoms with Crippen molar-refractivity contribution in [1.29, 1.82) is 0 Å². The van der Waals surface area contributed by atoms with Crippen molar-refractivity contribution in [2.24, 2.45) is 0 Å². The van der Waals surface area contributed by atoms with Gasteiger partial charge >= 0.3 is 0 Å². The number of nitrogens with one attached hydrogen (secondary N) is 1. The zero-order valence-corrected chi connectivity index (χ0v) is 19.1. The zero-order chi connectivity index (χ0) is 23.4. The number of amides is 3. The number of hydrogen-bond donors (Lipinski definition) is 1. The van der Waals surface area contributed by atoms with Crippen molar-refractivity contribution in [2.45, 2.75) is 39.3 Å². The van der Waals surface area contributed by atoms with Crippen LogP contribution in [0.1, 0.15) is 42.6 Å². The molecule has 6 nitrogen and oxygen atoms in total. The monoisotopic (exact) mass is 443 g/mol. The number of anilines is 1. The van der Waals surface area contributed by atoms with Crippen LogP contribution in [0.25, 0.3) is 10.8 Å². The fourth-order valence-corrected chi connectivity index (χ4v) is 4.43. The average molecular weight is 444 g/mol. The lowest BCUT2D eigenvalue weighted by molar-refractivity contribution is -0.140. The minimum atomic E-state index is -0.611. The van der Waals surface area contributed by atoms with Crippen LogP contribution in [0.4, 0.5) is 5.69 Å². The maximum atomic E-state index is 13.7. The topological polar surface area (TPSA) is 69.7 Å². The number of nitrogens with zero attached hydrogens (tertiary/aromatic N) is 2. The van der Waals surface area contributed by atoms with Gasteiger partial charge in [0.2, 0.25) is 11.8 Å². The molecule has 0 aromatic heterocycles. The number of carbonyl (C=O) groups excluding carboxylic acids is 3. The minimum absolute atomic E-state index is 0.114. The standard InChI is InChI=1S/C27H29N3O3/c1-3-16-28-26(32)22(4-2)29(17-19-10-6-5-7-11-19)24(31)18-30-23-15-9-13-20-12-8-14-21(25(20)23)27(30)33/h5-15,22H,3-4,16-18H2,1-2H3,(H,28,32)/t22-/m0/s1. The van der Waals surface area contributed by atoms with E-state index in [1.54, 1.807) is 11.0 Å². The Labute approximate surface area is 194 Å². The van der Waals surface area contributed by atoms with E-state index < -0.39 is 6.04 Å². The van der Waals surface area contributed by atoms with Crippen molar-refractivity contribution >= 4 is 34.2 Å². The molecule has 0 unspecified atom stereocenters. The summed E-state index contributed by atoms with van der Waals surface area (Å²) in [6.07, 6.45) is 1.30. The highest BCUT2D eigenvalue weighted by Crippen LogP contribution is 2.37. The lowest BCUT2D eigenvalue weighted by Crippen LogP contribution is -2.52. The van der Waals surface area contributed by atoms with Gasteiger partial charge in [0.1, 0.15) is 12.6 Å². The van der Waals surface area contributed by atoms with Crippen LogP contribution in [0, 0.1) is 0 Å². The van der Waals surface area contributed by atoms with Crippen LogP contribution >= 0.6 is 0 Å². The van der Waals surface area contributed by atoms with Gasteiger partial charge in [-0.15, -0.1) is 0 Å². The Hall–Kier alpha value is -3.67. The van der Waals surface area contributed by atoms with E-state index in [2.05, 4.69) is 5.32 Å². The average Bonchev–Trinajstić information content (AvgIpc) is 3.11. The summed E-state index contributed by atoms with van der Waals surface area (Å²) in [7, 11) is 0. The molecule has 0 saturated heterocycles. The van der Waals surface area contributed by atoms with Gasteiger partial charge in [-0.2, -0.15) is 0 Å². The van der Waals surface area contributed by atoms with Gasteiger partial charge in [-0.25, -0.2) is 0 Å². The molecule has 0 fully saturated rings. The molecule has 3 amide bonds. The molecule has 1 N–H and O–H groups in total. The van der Waals surface area contributed by atoms with E-state index in [0.717, 1.165) is 28.4 Å². The number of carbonyl (C=O) groups is 3. The molecule has 1 heterocycles. The van der Waals surface area contributed by atoms with E-state index in [1.165, 1.54) is 4.90 Å². The van der Waals surface area contributed by atoms with Gasteiger partial charge < -0.3 is 10.2 Å². The maximum Gasteiger partial charge on any atom is 0.259 e. The molecular formula is C27H29N3O3. The second-order valence-corrected chi connectivity index (χ2v) is 8.29. The molecule has 4 rings (SSSR count). The van der Waals surface area contributed by atoms with E-state index in [-0.39, 0.29) is 24.3 Å². The molecule has 0 aliphatic carbocycles. The van der Waals surface area contributed by atoms with Gasteiger partial charge in [0.05, 0.1) is 5.69 Å². The quantitative estimate of drug-likeness (QED) is 0.541. The summed E-state index contributed by atoms with van der Waals surface area (Å²) in [6.45, 7) is 4.64. The zero-order valence-electron chi connectivity index (χ0n) is 19.1. The van der Waals surface area contributed by atoms with E-state index >= 15 is 0 Å². The fraction of sp³-hybridized carbons (Fsp3) is 0.296. The third-order valence-electron chi connectivity index (χ3n) is 6.07. The van der Waals surface area contributed by atoms with Crippen LogP contribution in [0.3, 0.4) is 0 Å². The molecule has 6 heteroatoms. The first-order valence-electron chi connectivity index (χ1n) is 11.5. The van der Waals surface area contributed by atoms with Crippen LogP contribution in [0.15, 0.2) is 66.7 Å². The second-order valence-electron chi connectivity index (χ2n) is 8.29. The highest BCUT2D eigenvalue weighted by Gasteiger charge is 2.34. The van der Waals surface area contributed by atoms with Gasteiger partial charge in [-0.1, -0.05) is 68.4 Å². The fourth-order valence-electron chi connectivity index (χ4n) is 4.43. The molecule has 0 spiro atoms. The molecule has 33 heavy (non-hydrogen) atoms. The molecule has 3 aromatic rings. The van der Waals surface area contributed by atoms with Crippen LogP contribution in [-0.2, 0) is 16.1 Å². The molecule has 0 radical (unpaired) electrons. The molecule has 3 aromatic carbocycles. The summed E-state index contributed by atoms with van der Waals surface area (Å²) in [6, 6.07) is 20.4. The Bertz CT molecular complexity index is 1170. The van der Waals surface area contributed by atoms with Crippen LogP contribution in [0.2, 0.25) is 0 Å². The summed E-state index contributed by atoms with van der Waals surface area (Å²) < 4.78 is 0. The SMILES string of the molecule is CCCNC(=O)[C@H](CC)N(Cc1ccccc1)C(=O)CN1C(=O)c2cccc3cccc1c23. The Morgan fingerprint density at radius 3 is 2.39 bits per heavy atom. The maximum absolute atomic E-state index is 13.7. The molecule has 1 aliphatic heterocycles. The molecule has 1 atom stereocenters. The lowest BCUT2D eigenvalue weighted by Gasteiger charge is -2.32. The number of hydrogen-bond acceptors (Lipinski definition) is 3. The number of rotatable bonds is 9. The predicted molar refractivity (Wildman–Crippen MR) is 130 cm³/mol. The second kappa shape index (κ2) is 9.86. The van der Waals surface area contributed by atoms with Crippen LogP contribution < -0.4 is 10.2 Å². The van der Waals surface area contributed by atoms with E-state index in [9.17, 15) is 14.4 Å². The third kappa shape index (κ3) is 4.46. The predicted octanol–water partition coefficient (Wildman–Crippen LogP) is 4.13. The van der Waals surface area contributed by atoms with Crippen LogP contribution in [-0.4, -0.2) is 41.8 Å². The summed E-state index contributed by atoms with van der Waals surface area (Å²) in [5, 5.41) is 4.77. The summed E-state index contributed by atoms with van der Waals surface area (Å²) in [5.74, 6) is -0.601. The Kier molecular flexibility index (Phi) is 6.73. The Morgan fingerprint density at radius 1 is 0.970 bits per heavy atom. The van der Waals surface area contributed by atoms with Gasteiger partial charge in [-0.3, -0.25) is 19.3 Å². The summed E-state index contributed by atoms with van der Waals surface area (Å²) in [5.41, 5.74) is 2.29.